The molecule has 6 nitrogen and oxygen atoms in total. The maximum atomic E-state index is 11.5. The van der Waals surface area contributed by atoms with Gasteiger partial charge in [0.1, 0.15) is 6.61 Å². The monoisotopic (exact) mass is 338 g/mol. The van der Waals surface area contributed by atoms with Crippen LogP contribution in [0.3, 0.4) is 0 Å². The van der Waals surface area contributed by atoms with Crippen LogP contribution in [0.2, 0.25) is 0 Å². The van der Waals surface area contributed by atoms with Crippen LogP contribution in [0.4, 0.5) is 11.4 Å². The van der Waals surface area contributed by atoms with Crippen LogP contribution in [-0.4, -0.2) is 30.3 Å². The minimum atomic E-state index is -0.303. The van der Waals surface area contributed by atoms with E-state index in [2.05, 4.69) is 31.7 Å². The summed E-state index contributed by atoms with van der Waals surface area (Å²) in [6, 6.07) is 4.93. The molecule has 0 spiro atoms. The van der Waals surface area contributed by atoms with Crippen LogP contribution in [-0.2, 0) is 14.5 Å². The Hall–Kier alpha value is -0.860. The average Bonchev–Trinajstić information content (AvgIpc) is 2.34. The molecule has 1 amide bonds. The number of alkyl halides is 1. The first-order valence-corrected chi connectivity index (χ1v) is 6.29. The smallest absolute Gasteiger partial charge is 0.250 e. The van der Waals surface area contributed by atoms with E-state index in [9.17, 15) is 4.79 Å². The topological polar surface area (TPSA) is 79.8 Å². The predicted molar refractivity (Wildman–Crippen MR) is 71.6 cm³/mol. The van der Waals surface area contributed by atoms with Crippen molar-refractivity contribution >= 4 is 44.8 Å². The first kappa shape index (κ1) is 15.2. The molecule has 0 atom stereocenters. The van der Waals surface area contributed by atoms with Gasteiger partial charge in [-0.05, 0) is 34.1 Å². The molecule has 1 rings (SSSR count). The highest BCUT2D eigenvalue weighted by Crippen LogP contribution is 2.25. The molecule has 1 aromatic rings. The Kier molecular flexibility index (Phi) is 6.99. The van der Waals surface area contributed by atoms with Crippen molar-refractivity contribution in [2.24, 2.45) is 0 Å². The van der Waals surface area contributed by atoms with Crippen molar-refractivity contribution in [3.63, 3.8) is 0 Å². The SMILES string of the molecule is O=C(COCCCl)Nc1cc(NOO)ccc1Br. The number of ether oxygens (including phenoxy) is 1. The lowest BCUT2D eigenvalue weighted by molar-refractivity contribution is -0.215. The van der Waals surface area contributed by atoms with Crippen LogP contribution in [0.25, 0.3) is 0 Å². The molecule has 0 aliphatic heterocycles. The molecule has 0 saturated carbocycles. The largest absolute Gasteiger partial charge is 0.370 e. The van der Waals surface area contributed by atoms with E-state index in [1.165, 1.54) is 0 Å². The number of anilines is 2. The third kappa shape index (κ3) is 5.19. The zero-order valence-electron chi connectivity index (χ0n) is 9.28. The van der Waals surface area contributed by atoms with Gasteiger partial charge in [-0.2, -0.15) is 0 Å². The fourth-order valence-electron chi connectivity index (χ4n) is 1.14. The molecule has 0 unspecified atom stereocenters. The van der Waals surface area contributed by atoms with Crippen LogP contribution >= 0.6 is 27.5 Å². The Morgan fingerprint density at radius 2 is 2.28 bits per heavy atom. The lowest BCUT2D eigenvalue weighted by Gasteiger charge is -2.09. The van der Waals surface area contributed by atoms with Crippen molar-refractivity contribution in [1.29, 1.82) is 0 Å². The van der Waals surface area contributed by atoms with Gasteiger partial charge in [-0.25, -0.2) is 10.7 Å². The Labute approximate surface area is 117 Å². The number of amides is 1. The zero-order valence-corrected chi connectivity index (χ0v) is 11.6. The second kappa shape index (κ2) is 8.28. The fourth-order valence-corrected chi connectivity index (χ4v) is 1.60. The van der Waals surface area contributed by atoms with Gasteiger partial charge in [0.2, 0.25) is 5.91 Å². The molecule has 0 saturated heterocycles. The molecule has 0 radical (unpaired) electrons. The zero-order chi connectivity index (χ0) is 13.4. The molecule has 8 heteroatoms. The maximum absolute atomic E-state index is 11.5. The van der Waals surface area contributed by atoms with E-state index in [1.54, 1.807) is 18.2 Å². The molecule has 0 aliphatic rings. The molecule has 0 aliphatic carbocycles. The van der Waals surface area contributed by atoms with E-state index in [0.717, 1.165) is 0 Å². The summed E-state index contributed by atoms with van der Waals surface area (Å²) in [6.45, 7) is 0.239. The number of hydrogen-bond acceptors (Lipinski definition) is 5. The van der Waals surface area contributed by atoms with Crippen LogP contribution in [0.1, 0.15) is 0 Å². The van der Waals surface area contributed by atoms with E-state index < -0.39 is 0 Å². The van der Waals surface area contributed by atoms with Gasteiger partial charge in [0, 0.05) is 10.4 Å². The Morgan fingerprint density at radius 1 is 1.50 bits per heavy atom. The molecule has 0 heterocycles. The van der Waals surface area contributed by atoms with Crippen LogP contribution in [0.15, 0.2) is 22.7 Å². The van der Waals surface area contributed by atoms with Crippen molar-refractivity contribution < 1.29 is 19.8 Å². The van der Waals surface area contributed by atoms with E-state index in [4.69, 9.17) is 21.6 Å². The lowest BCUT2D eigenvalue weighted by Crippen LogP contribution is -2.19. The Bertz CT molecular complexity index is 405. The molecule has 0 bridgehead atoms. The normalized spacial score (nSPS) is 10.2. The average molecular weight is 340 g/mol. The van der Waals surface area contributed by atoms with Gasteiger partial charge in [-0.1, -0.05) is 0 Å². The van der Waals surface area contributed by atoms with Crippen LogP contribution in [0.5, 0.6) is 0 Å². The number of benzene rings is 1. The van der Waals surface area contributed by atoms with Crippen LogP contribution < -0.4 is 10.8 Å². The third-order valence-corrected chi connectivity index (χ3v) is 2.70. The second-order valence-electron chi connectivity index (χ2n) is 3.18. The number of carbonyl (C=O) groups is 1. The number of nitrogens with one attached hydrogen (secondary N) is 2. The summed E-state index contributed by atoms with van der Waals surface area (Å²) in [6.07, 6.45) is 0. The van der Waals surface area contributed by atoms with Gasteiger partial charge in [-0.3, -0.25) is 4.79 Å². The van der Waals surface area contributed by atoms with Gasteiger partial charge in [0.05, 0.1) is 18.0 Å². The minimum Gasteiger partial charge on any atom is -0.370 e. The molecule has 1 aromatic carbocycles. The van der Waals surface area contributed by atoms with E-state index in [1.807, 2.05) is 0 Å². The summed E-state index contributed by atoms with van der Waals surface area (Å²) in [7, 11) is 0. The summed E-state index contributed by atoms with van der Waals surface area (Å²) in [4.78, 5) is 15.3. The number of rotatable bonds is 7. The van der Waals surface area contributed by atoms with Crippen LogP contribution in [0, 0.1) is 0 Å². The summed E-state index contributed by atoms with van der Waals surface area (Å²) in [5.41, 5.74) is 3.24. The summed E-state index contributed by atoms with van der Waals surface area (Å²) in [5, 5.41) is 10.9. The molecular formula is C10H12BrClN2O4. The van der Waals surface area contributed by atoms with Crippen molar-refractivity contribution in [3.05, 3.63) is 22.7 Å². The van der Waals surface area contributed by atoms with Gasteiger partial charge in [0.25, 0.3) is 0 Å². The van der Waals surface area contributed by atoms with Crippen molar-refractivity contribution in [2.75, 3.05) is 29.9 Å². The number of hydrogen-bond donors (Lipinski definition) is 3. The fraction of sp³-hybridized carbons (Fsp3) is 0.300. The van der Waals surface area contributed by atoms with Crippen molar-refractivity contribution in [3.8, 4) is 0 Å². The first-order valence-electron chi connectivity index (χ1n) is 4.97. The highest BCUT2D eigenvalue weighted by atomic mass is 79.9. The second-order valence-corrected chi connectivity index (χ2v) is 4.41. The third-order valence-electron chi connectivity index (χ3n) is 1.86. The van der Waals surface area contributed by atoms with Crippen molar-refractivity contribution in [1.82, 2.24) is 0 Å². The molecule has 100 valence electrons. The number of carbonyl (C=O) groups excluding carboxylic acids is 1. The molecule has 18 heavy (non-hydrogen) atoms. The summed E-state index contributed by atoms with van der Waals surface area (Å²) in [5.74, 6) is 0.0346. The molecular weight excluding hydrogens is 327 g/mol. The predicted octanol–water partition coefficient (Wildman–Crippen LogP) is 2.46. The van der Waals surface area contributed by atoms with E-state index >= 15 is 0 Å². The minimum absolute atomic E-state index is 0.0761. The highest BCUT2D eigenvalue weighted by Gasteiger charge is 2.07. The maximum Gasteiger partial charge on any atom is 0.250 e. The summed E-state index contributed by atoms with van der Waals surface area (Å²) >= 11 is 8.70. The van der Waals surface area contributed by atoms with E-state index in [-0.39, 0.29) is 12.5 Å². The standard InChI is InChI=1S/C10H12BrClN2O4/c11-8-2-1-7(14-18-16)5-9(8)13-10(15)6-17-4-3-12/h1-2,5,14,16H,3-4,6H2,(H,13,15). The van der Waals surface area contributed by atoms with Gasteiger partial charge >= 0.3 is 0 Å². The quantitative estimate of drug-likeness (QED) is 0.308. The Balaban J connectivity index is 2.59. The first-order chi connectivity index (χ1) is 8.67. The lowest BCUT2D eigenvalue weighted by atomic mass is 10.3. The van der Waals surface area contributed by atoms with E-state index in [0.29, 0.717) is 28.3 Å². The molecule has 3 N–H and O–H groups in total. The van der Waals surface area contributed by atoms with Gasteiger partial charge < -0.3 is 10.1 Å². The van der Waals surface area contributed by atoms with Gasteiger partial charge in [0.15, 0.2) is 0 Å². The Morgan fingerprint density at radius 3 is 2.94 bits per heavy atom. The van der Waals surface area contributed by atoms with Gasteiger partial charge in [-0.15, -0.1) is 16.6 Å². The molecule has 0 aromatic heterocycles. The highest BCUT2D eigenvalue weighted by molar-refractivity contribution is 9.10. The molecule has 0 fully saturated rings. The summed E-state index contributed by atoms with van der Waals surface area (Å²) < 4.78 is 5.69. The van der Waals surface area contributed by atoms with Crippen molar-refractivity contribution in [2.45, 2.75) is 0 Å². The number of halogens is 2.